The lowest BCUT2D eigenvalue weighted by Gasteiger charge is -2.36. The van der Waals surface area contributed by atoms with Gasteiger partial charge >= 0.3 is 0 Å². The molecule has 1 fully saturated rings. The van der Waals surface area contributed by atoms with Crippen molar-refractivity contribution in [1.29, 1.82) is 0 Å². The van der Waals surface area contributed by atoms with Crippen LogP contribution in [0.5, 0.6) is 5.75 Å². The van der Waals surface area contributed by atoms with Crippen LogP contribution in [0.1, 0.15) is 25.0 Å². The number of imide groups is 1. The first-order valence-electron chi connectivity index (χ1n) is 11.6. The van der Waals surface area contributed by atoms with Gasteiger partial charge in [-0.2, -0.15) is 0 Å². The molecule has 0 atom stereocenters. The maximum atomic E-state index is 13.5. The normalized spacial score (nSPS) is 17.3. The van der Waals surface area contributed by atoms with E-state index in [0.29, 0.717) is 43.0 Å². The van der Waals surface area contributed by atoms with Gasteiger partial charge in [-0.3, -0.25) is 14.5 Å². The van der Waals surface area contributed by atoms with E-state index in [-0.39, 0.29) is 24.2 Å². The van der Waals surface area contributed by atoms with E-state index in [0.717, 1.165) is 30.9 Å². The van der Waals surface area contributed by atoms with Crippen molar-refractivity contribution in [2.75, 3.05) is 45.9 Å². The fraction of sp³-hybridized carbons (Fsp3) is 0.385. The van der Waals surface area contributed by atoms with Gasteiger partial charge < -0.3 is 14.5 Å². The number of halogens is 1. The average molecular weight is 452 g/mol. The topological polar surface area (TPSA) is 53.1 Å². The molecular formula is C26H30FN3O3. The first-order chi connectivity index (χ1) is 16.0. The quantitative estimate of drug-likeness (QED) is 0.577. The van der Waals surface area contributed by atoms with Gasteiger partial charge in [0.2, 0.25) is 0 Å². The Morgan fingerprint density at radius 2 is 1.55 bits per heavy atom. The predicted octanol–water partition coefficient (Wildman–Crippen LogP) is 3.18. The lowest BCUT2D eigenvalue weighted by Crippen LogP contribution is -2.47. The molecule has 2 aromatic carbocycles. The summed E-state index contributed by atoms with van der Waals surface area (Å²) < 4.78 is 18.8. The molecule has 0 N–H and O–H groups in total. The lowest BCUT2D eigenvalue weighted by molar-refractivity contribution is -0.137. The minimum Gasteiger partial charge on any atom is -0.494 e. The smallest absolute Gasteiger partial charge is 0.277 e. The van der Waals surface area contributed by atoms with Crippen LogP contribution in [0, 0.1) is 5.82 Å². The molecule has 6 nitrogen and oxygen atoms in total. The minimum absolute atomic E-state index is 0.252. The summed E-state index contributed by atoms with van der Waals surface area (Å²) in [5, 5.41) is 0. The summed E-state index contributed by atoms with van der Waals surface area (Å²) in [5.74, 6) is -0.111. The molecule has 2 amide bonds. The molecule has 0 bridgehead atoms. The van der Waals surface area contributed by atoms with E-state index >= 15 is 0 Å². The molecule has 2 aliphatic heterocycles. The second kappa shape index (κ2) is 10.2. The monoisotopic (exact) mass is 451 g/mol. The Hall–Kier alpha value is -3.19. The Bertz CT molecular complexity index is 1030. The number of carbonyl (C=O) groups excluding carboxylic acids is 2. The van der Waals surface area contributed by atoms with Crippen LogP contribution in [0.15, 0.2) is 54.2 Å². The van der Waals surface area contributed by atoms with Gasteiger partial charge in [-0.25, -0.2) is 4.39 Å². The molecule has 0 aliphatic carbocycles. The molecule has 2 aromatic rings. The second-order valence-electron chi connectivity index (χ2n) is 8.24. The standard InChI is InChI=1S/C26H30FN3O3/c1-3-28-15-17-29(18-16-28)24-23(20-7-11-22(12-8-20)33-4-2)25(31)30(26(24)32)14-13-19-5-9-21(27)10-6-19/h5-12H,3-4,13-18H2,1-2H3. The van der Waals surface area contributed by atoms with Crippen molar-refractivity contribution < 1.29 is 18.7 Å². The van der Waals surface area contributed by atoms with Crippen molar-refractivity contribution in [2.45, 2.75) is 20.3 Å². The van der Waals surface area contributed by atoms with Crippen molar-refractivity contribution in [1.82, 2.24) is 14.7 Å². The van der Waals surface area contributed by atoms with Crippen LogP contribution in [0.25, 0.3) is 5.57 Å². The zero-order chi connectivity index (χ0) is 23.4. The van der Waals surface area contributed by atoms with Crippen LogP contribution in [0.4, 0.5) is 4.39 Å². The zero-order valence-electron chi connectivity index (χ0n) is 19.2. The molecule has 174 valence electrons. The Morgan fingerprint density at radius 1 is 0.879 bits per heavy atom. The van der Waals surface area contributed by atoms with Crippen molar-refractivity contribution in [3.63, 3.8) is 0 Å². The number of carbonyl (C=O) groups is 2. The molecule has 0 spiro atoms. The maximum absolute atomic E-state index is 13.5. The zero-order valence-corrected chi connectivity index (χ0v) is 19.2. The van der Waals surface area contributed by atoms with Gasteiger partial charge in [-0.05, 0) is 55.3 Å². The maximum Gasteiger partial charge on any atom is 0.277 e. The second-order valence-corrected chi connectivity index (χ2v) is 8.24. The molecule has 0 unspecified atom stereocenters. The Morgan fingerprint density at radius 3 is 2.15 bits per heavy atom. The summed E-state index contributed by atoms with van der Waals surface area (Å²) in [4.78, 5) is 32.7. The predicted molar refractivity (Wildman–Crippen MR) is 125 cm³/mol. The molecule has 0 aromatic heterocycles. The highest BCUT2D eigenvalue weighted by Crippen LogP contribution is 2.33. The summed E-state index contributed by atoms with van der Waals surface area (Å²) in [6.45, 7) is 8.94. The fourth-order valence-corrected chi connectivity index (χ4v) is 4.38. The number of amides is 2. The summed E-state index contributed by atoms with van der Waals surface area (Å²) in [6.07, 6.45) is 0.477. The third-order valence-corrected chi connectivity index (χ3v) is 6.27. The van der Waals surface area contributed by atoms with Crippen LogP contribution in [0.3, 0.4) is 0 Å². The number of ether oxygens (including phenoxy) is 1. The number of rotatable bonds is 8. The first-order valence-corrected chi connectivity index (χ1v) is 11.6. The molecule has 7 heteroatoms. The number of hydrogen-bond acceptors (Lipinski definition) is 5. The highest BCUT2D eigenvalue weighted by atomic mass is 19.1. The van der Waals surface area contributed by atoms with E-state index in [4.69, 9.17) is 4.74 Å². The van der Waals surface area contributed by atoms with Crippen LogP contribution in [-0.4, -0.2) is 72.4 Å². The minimum atomic E-state index is -0.306. The van der Waals surface area contributed by atoms with Gasteiger partial charge in [0.15, 0.2) is 0 Å². The van der Waals surface area contributed by atoms with Gasteiger partial charge in [0, 0.05) is 32.7 Å². The Kier molecular flexibility index (Phi) is 7.08. The van der Waals surface area contributed by atoms with Crippen molar-refractivity contribution in [2.24, 2.45) is 0 Å². The van der Waals surface area contributed by atoms with Gasteiger partial charge in [0.1, 0.15) is 17.3 Å². The summed E-state index contributed by atoms with van der Waals surface area (Å²) in [6, 6.07) is 13.5. The lowest BCUT2D eigenvalue weighted by atomic mass is 10.0. The summed E-state index contributed by atoms with van der Waals surface area (Å²) in [7, 11) is 0. The Labute approximate surface area is 194 Å². The molecule has 0 radical (unpaired) electrons. The fourth-order valence-electron chi connectivity index (χ4n) is 4.38. The van der Waals surface area contributed by atoms with E-state index in [1.807, 2.05) is 31.2 Å². The van der Waals surface area contributed by atoms with Crippen molar-refractivity contribution >= 4 is 17.4 Å². The molecular weight excluding hydrogens is 421 g/mol. The SMILES string of the molecule is CCOc1ccc(C2=C(N3CCN(CC)CC3)C(=O)N(CCc3ccc(F)cc3)C2=O)cc1. The molecule has 33 heavy (non-hydrogen) atoms. The number of hydrogen-bond donors (Lipinski definition) is 0. The van der Waals surface area contributed by atoms with Gasteiger partial charge in [-0.1, -0.05) is 31.2 Å². The van der Waals surface area contributed by atoms with Gasteiger partial charge in [0.05, 0.1) is 12.2 Å². The highest BCUT2D eigenvalue weighted by molar-refractivity contribution is 6.35. The van der Waals surface area contributed by atoms with Gasteiger partial charge in [0.25, 0.3) is 11.8 Å². The first kappa shape index (κ1) is 23.0. The number of nitrogens with zero attached hydrogens (tertiary/aromatic N) is 3. The summed E-state index contributed by atoms with van der Waals surface area (Å²) in [5.41, 5.74) is 2.53. The molecule has 4 rings (SSSR count). The van der Waals surface area contributed by atoms with E-state index < -0.39 is 0 Å². The van der Waals surface area contributed by atoms with Crippen molar-refractivity contribution in [3.05, 3.63) is 71.2 Å². The van der Waals surface area contributed by atoms with E-state index in [2.05, 4.69) is 16.7 Å². The van der Waals surface area contributed by atoms with E-state index in [1.165, 1.54) is 17.0 Å². The molecule has 1 saturated heterocycles. The van der Waals surface area contributed by atoms with Crippen LogP contribution in [-0.2, 0) is 16.0 Å². The molecule has 2 aliphatic rings. The van der Waals surface area contributed by atoms with E-state index in [1.54, 1.807) is 12.1 Å². The largest absolute Gasteiger partial charge is 0.494 e. The average Bonchev–Trinajstić information content (AvgIpc) is 3.09. The summed E-state index contributed by atoms with van der Waals surface area (Å²) >= 11 is 0. The number of likely N-dealkylation sites (N-methyl/N-ethyl adjacent to an activating group) is 1. The Balaban J connectivity index is 1.61. The molecule has 2 heterocycles. The highest BCUT2D eigenvalue weighted by Gasteiger charge is 2.41. The third-order valence-electron chi connectivity index (χ3n) is 6.27. The number of piperazine rings is 1. The third kappa shape index (κ3) is 4.93. The van der Waals surface area contributed by atoms with Crippen molar-refractivity contribution in [3.8, 4) is 5.75 Å². The van der Waals surface area contributed by atoms with Gasteiger partial charge in [-0.15, -0.1) is 0 Å². The van der Waals surface area contributed by atoms with Crippen LogP contribution < -0.4 is 4.74 Å². The molecule has 0 saturated carbocycles. The number of benzene rings is 2. The van der Waals surface area contributed by atoms with E-state index in [9.17, 15) is 14.0 Å². The van der Waals surface area contributed by atoms with Crippen LogP contribution >= 0.6 is 0 Å². The van der Waals surface area contributed by atoms with Crippen LogP contribution in [0.2, 0.25) is 0 Å².